The van der Waals surface area contributed by atoms with Gasteiger partial charge in [0.15, 0.2) is 0 Å². The highest BCUT2D eigenvalue weighted by Gasteiger charge is 2.50. The van der Waals surface area contributed by atoms with E-state index in [4.69, 9.17) is 9.97 Å². The molecule has 0 aliphatic rings. The molecule has 0 aliphatic carbocycles. The molecular weight excluding hydrogens is 627 g/mol. The van der Waals surface area contributed by atoms with Crippen LogP contribution in [0.15, 0.2) is 84.9 Å². The van der Waals surface area contributed by atoms with E-state index in [9.17, 15) is 0 Å². The van der Waals surface area contributed by atoms with E-state index in [2.05, 4.69) is 175 Å². The van der Waals surface area contributed by atoms with Crippen LogP contribution in [0, 0.1) is 10.8 Å². The average Bonchev–Trinajstić information content (AvgIpc) is 2.96. The van der Waals surface area contributed by atoms with Crippen LogP contribution in [0.5, 0.6) is 0 Å². The number of rotatable bonds is 7. The molecule has 3 aromatic carbocycles. The van der Waals surface area contributed by atoms with E-state index in [1.807, 2.05) is 0 Å². The monoisotopic (exact) mass is 680 g/mol. The van der Waals surface area contributed by atoms with Crippen molar-refractivity contribution in [2.45, 2.75) is 92.1 Å². The summed E-state index contributed by atoms with van der Waals surface area (Å²) < 4.78 is 0. The van der Waals surface area contributed by atoms with Crippen molar-refractivity contribution in [1.82, 2.24) is 9.97 Å². The summed E-state index contributed by atoms with van der Waals surface area (Å²) in [7, 11) is -0.807. The third-order valence-corrected chi connectivity index (χ3v) is 18.3. The molecule has 0 amide bonds. The minimum absolute atomic E-state index is 0.00715. The maximum Gasteiger partial charge on any atom is 0.0774 e. The quantitative estimate of drug-likeness (QED) is 0.126. The van der Waals surface area contributed by atoms with Crippen molar-refractivity contribution < 1.29 is 0 Å². The molecule has 2 aromatic heterocycles. The zero-order chi connectivity index (χ0) is 33.9. The van der Waals surface area contributed by atoms with E-state index < -0.39 is 24.1 Å². The number of benzene rings is 3. The van der Waals surface area contributed by atoms with Crippen molar-refractivity contribution in [3.05, 3.63) is 96.1 Å². The lowest BCUT2D eigenvalue weighted by molar-refractivity contribution is 0.139. The molecule has 1 atom stereocenters. The Morgan fingerprint density at radius 1 is 0.587 bits per heavy atom. The predicted octanol–water partition coefficient (Wildman–Crippen LogP) is 9.67. The van der Waals surface area contributed by atoms with Crippen molar-refractivity contribution in [3.8, 4) is 0 Å². The second-order valence-corrected chi connectivity index (χ2v) is 30.2. The van der Waals surface area contributed by atoms with Gasteiger partial charge >= 0.3 is 0 Å². The summed E-state index contributed by atoms with van der Waals surface area (Å²) in [5.74, 6) is 0. The number of nitrogens with zero attached hydrogens (tertiary/aromatic N) is 2. The number of hydrogen-bond acceptors (Lipinski definition) is 2. The van der Waals surface area contributed by atoms with Gasteiger partial charge in [-0.05, 0) is 46.2 Å². The zero-order valence-corrected chi connectivity index (χ0v) is 34.3. The van der Waals surface area contributed by atoms with Crippen molar-refractivity contribution in [1.29, 1.82) is 0 Å². The molecule has 0 N–H and O–H groups in total. The molecule has 0 saturated carbocycles. The Morgan fingerprint density at radius 2 is 1.00 bits per heavy atom. The molecule has 0 spiro atoms. The summed E-state index contributed by atoms with van der Waals surface area (Å²) in [4.78, 5) is 10.7. The lowest BCUT2D eigenvalue weighted by Gasteiger charge is -2.53. The van der Waals surface area contributed by atoms with Crippen LogP contribution in [0.1, 0.15) is 52.7 Å². The lowest BCUT2D eigenvalue weighted by Crippen LogP contribution is -2.57. The third-order valence-electron chi connectivity index (χ3n) is 9.70. The van der Waals surface area contributed by atoms with Crippen LogP contribution in [-0.2, 0) is 11.3 Å². The molecular formula is C40H54N2P2Si2. The first-order valence-electron chi connectivity index (χ1n) is 16.7. The normalized spacial score (nSPS) is 13.6. The number of pyridine rings is 2. The highest BCUT2D eigenvalue weighted by Crippen LogP contribution is 2.59. The summed E-state index contributed by atoms with van der Waals surface area (Å²) in [5, 5.41) is 5.48. The number of para-hydroxylation sites is 2. The van der Waals surface area contributed by atoms with Crippen LogP contribution in [0.3, 0.4) is 0 Å². The van der Waals surface area contributed by atoms with Crippen molar-refractivity contribution >= 4 is 76.4 Å². The SMILES string of the molecule is CC(C)(C)C(P)(c1cc([Si](C)(C)C)c([Si](C)(C)C)cc1CP(c1ccc2ccccc2n1)c1ccc2ccccc2n1)C(C)(C)C. The minimum Gasteiger partial charge on any atom is -0.248 e. The van der Waals surface area contributed by atoms with Gasteiger partial charge in [-0.15, -0.1) is 9.24 Å². The fourth-order valence-electron chi connectivity index (χ4n) is 7.18. The number of aromatic nitrogens is 2. The van der Waals surface area contributed by atoms with Crippen molar-refractivity contribution in [3.63, 3.8) is 0 Å². The van der Waals surface area contributed by atoms with Gasteiger partial charge < -0.3 is 0 Å². The molecule has 0 radical (unpaired) electrons. The maximum absolute atomic E-state index is 5.34. The Morgan fingerprint density at radius 3 is 1.41 bits per heavy atom. The minimum atomic E-state index is -1.67. The van der Waals surface area contributed by atoms with Gasteiger partial charge in [-0.3, -0.25) is 0 Å². The molecule has 6 heteroatoms. The van der Waals surface area contributed by atoms with Gasteiger partial charge in [0.1, 0.15) is 0 Å². The first-order valence-corrected chi connectivity index (χ1v) is 25.8. The smallest absolute Gasteiger partial charge is 0.0774 e. The van der Waals surface area contributed by atoms with E-state index in [0.717, 1.165) is 28.1 Å². The fraction of sp³-hybridized carbons (Fsp3) is 0.400. The summed E-state index contributed by atoms with van der Waals surface area (Å²) in [5.41, 5.74) is 7.37. The Labute approximate surface area is 284 Å². The van der Waals surface area contributed by atoms with Gasteiger partial charge in [0.25, 0.3) is 0 Å². The Balaban J connectivity index is 1.85. The van der Waals surface area contributed by atoms with Crippen molar-refractivity contribution in [2.24, 2.45) is 10.8 Å². The number of hydrogen-bond donors (Lipinski definition) is 0. The molecule has 242 valence electrons. The number of fused-ring (bicyclic) bond motifs is 2. The predicted molar refractivity (Wildman–Crippen MR) is 216 cm³/mol. The Kier molecular flexibility index (Phi) is 9.41. The van der Waals surface area contributed by atoms with E-state index in [1.165, 1.54) is 21.9 Å². The van der Waals surface area contributed by atoms with E-state index >= 15 is 0 Å². The molecule has 5 aromatic rings. The van der Waals surface area contributed by atoms with Crippen LogP contribution < -0.4 is 21.2 Å². The molecule has 1 unspecified atom stereocenters. The second kappa shape index (κ2) is 12.3. The standard InChI is InChI=1S/C40H54N2P2Si2/c1-38(2,3)40(43,39(4,5)6)31-26-35(46(10,11)12)34(45(7,8)9)25-30(31)27-44(36-23-21-28-17-13-15-19-32(28)41-36)37-24-22-29-18-14-16-20-33(29)42-37/h13-26H,27,43H2,1-12H3. The summed E-state index contributed by atoms with van der Waals surface area (Å²) in [6.45, 7) is 29.7. The van der Waals surface area contributed by atoms with Crippen molar-refractivity contribution in [2.75, 3.05) is 0 Å². The van der Waals surface area contributed by atoms with E-state index in [-0.39, 0.29) is 16.0 Å². The fourth-order valence-corrected chi connectivity index (χ4v) is 14.8. The molecule has 0 aliphatic heterocycles. The summed E-state index contributed by atoms with van der Waals surface area (Å²) in [6, 6.07) is 31.4. The van der Waals surface area contributed by atoms with E-state index in [1.54, 1.807) is 10.4 Å². The van der Waals surface area contributed by atoms with Gasteiger partial charge in [0.2, 0.25) is 0 Å². The average molecular weight is 681 g/mol. The molecule has 0 fully saturated rings. The van der Waals surface area contributed by atoms with Crippen LogP contribution in [0.25, 0.3) is 21.8 Å². The largest absolute Gasteiger partial charge is 0.248 e. The van der Waals surface area contributed by atoms with E-state index in [0.29, 0.717) is 0 Å². The van der Waals surface area contributed by atoms with Gasteiger partial charge in [-0.25, -0.2) is 9.97 Å². The molecule has 46 heavy (non-hydrogen) atoms. The zero-order valence-electron chi connectivity index (χ0n) is 30.2. The third kappa shape index (κ3) is 6.70. The molecule has 2 nitrogen and oxygen atoms in total. The maximum atomic E-state index is 5.34. The first-order chi connectivity index (χ1) is 21.2. The van der Waals surface area contributed by atoms with Crippen LogP contribution in [0.4, 0.5) is 0 Å². The van der Waals surface area contributed by atoms with Crippen LogP contribution >= 0.6 is 17.2 Å². The van der Waals surface area contributed by atoms with Gasteiger partial charge in [0, 0.05) is 30.0 Å². The first kappa shape index (κ1) is 35.1. The molecule has 5 rings (SSSR count). The Hall–Kier alpha value is -2.23. The molecule has 0 saturated heterocycles. The summed E-state index contributed by atoms with van der Waals surface area (Å²) >= 11 is 0. The van der Waals surface area contributed by atoms with Crippen LogP contribution in [-0.4, -0.2) is 26.1 Å². The van der Waals surface area contributed by atoms with Gasteiger partial charge in [-0.1, -0.05) is 152 Å². The molecule has 0 bridgehead atoms. The van der Waals surface area contributed by atoms with Gasteiger partial charge in [-0.2, -0.15) is 0 Å². The topological polar surface area (TPSA) is 25.8 Å². The molecule has 2 heterocycles. The Bertz CT molecular complexity index is 1800. The highest BCUT2D eigenvalue weighted by molar-refractivity contribution is 7.71. The summed E-state index contributed by atoms with van der Waals surface area (Å²) in [6.07, 6.45) is 0.910. The second-order valence-electron chi connectivity index (χ2n) is 17.2. The van der Waals surface area contributed by atoms with Gasteiger partial charge in [0.05, 0.1) is 38.1 Å². The highest BCUT2D eigenvalue weighted by atomic mass is 31.1. The van der Waals surface area contributed by atoms with Crippen LogP contribution in [0.2, 0.25) is 39.3 Å². The lowest BCUT2D eigenvalue weighted by atomic mass is 9.62.